The van der Waals surface area contributed by atoms with Crippen molar-refractivity contribution < 1.29 is 23.1 Å². The van der Waals surface area contributed by atoms with Gasteiger partial charge in [0.2, 0.25) is 10.0 Å². The third-order valence-electron chi connectivity index (χ3n) is 3.14. The van der Waals surface area contributed by atoms with Crippen molar-refractivity contribution in [3.05, 3.63) is 35.5 Å². The Labute approximate surface area is 133 Å². The van der Waals surface area contributed by atoms with E-state index in [1.807, 2.05) is 0 Å². The predicted octanol–water partition coefficient (Wildman–Crippen LogP) is 0.0234. The smallest absolute Gasteiger partial charge is 0.277 e. The number of benzene rings is 1. The van der Waals surface area contributed by atoms with Crippen LogP contribution in [0, 0.1) is 6.92 Å². The van der Waals surface area contributed by atoms with Crippen LogP contribution in [-0.2, 0) is 19.6 Å². The first kappa shape index (κ1) is 17.0. The number of amides is 2. The highest BCUT2D eigenvalue weighted by Gasteiger charge is 2.30. The molecule has 0 aromatic heterocycles. The molecule has 0 fully saturated rings. The molecule has 0 bridgehead atoms. The number of nitrogens with zero attached hydrogens (tertiary/aromatic N) is 1. The normalized spacial score (nSPS) is 14.9. The monoisotopic (exact) mass is 339 g/mol. The van der Waals surface area contributed by atoms with Gasteiger partial charge in [-0.1, -0.05) is 6.07 Å². The molecule has 2 rings (SSSR count). The molecule has 9 heteroatoms. The molecule has 0 aliphatic carbocycles. The zero-order valence-electron chi connectivity index (χ0n) is 12.7. The third-order valence-corrected chi connectivity index (χ3v) is 3.74. The van der Waals surface area contributed by atoms with Gasteiger partial charge in [-0.2, -0.15) is 0 Å². The van der Waals surface area contributed by atoms with Gasteiger partial charge in [-0.3, -0.25) is 19.2 Å². The van der Waals surface area contributed by atoms with E-state index < -0.39 is 21.8 Å². The molecule has 0 radical (unpaired) electrons. The van der Waals surface area contributed by atoms with Crippen LogP contribution in [0.25, 0.3) is 0 Å². The number of hydrogen-bond acceptors (Lipinski definition) is 6. The molecule has 1 aromatic rings. The Morgan fingerprint density at radius 2 is 1.96 bits per heavy atom. The van der Waals surface area contributed by atoms with Gasteiger partial charge in [0.1, 0.15) is 5.70 Å². The Kier molecular flexibility index (Phi) is 4.71. The van der Waals surface area contributed by atoms with Crippen molar-refractivity contribution in [1.82, 2.24) is 4.90 Å². The van der Waals surface area contributed by atoms with E-state index in [0.29, 0.717) is 16.9 Å². The highest BCUT2D eigenvalue weighted by atomic mass is 32.2. The van der Waals surface area contributed by atoms with Gasteiger partial charge in [0, 0.05) is 11.8 Å². The van der Waals surface area contributed by atoms with E-state index in [9.17, 15) is 18.0 Å². The molecule has 0 saturated heterocycles. The lowest BCUT2D eigenvalue weighted by molar-refractivity contribution is -0.137. The summed E-state index contributed by atoms with van der Waals surface area (Å²) in [5, 5.41) is 11.7. The first-order valence-electron chi connectivity index (χ1n) is 6.75. The number of nitrogens with one attached hydrogen (secondary N) is 2. The molecule has 0 spiro atoms. The summed E-state index contributed by atoms with van der Waals surface area (Å²) in [6, 6.07) is 4.88. The largest absolute Gasteiger partial charge is 0.395 e. The van der Waals surface area contributed by atoms with Gasteiger partial charge >= 0.3 is 0 Å². The molecule has 1 aliphatic heterocycles. The number of anilines is 2. The van der Waals surface area contributed by atoms with Crippen molar-refractivity contribution in [2.24, 2.45) is 0 Å². The standard InChI is InChI=1S/C14H17N3O5S/c1-9-3-4-10(7-11(9)16-23(2,21)22)15-12-8-13(19)17(5-6-18)14(12)20/h3-4,7-8,15-16,18H,5-6H2,1-2H3. The second kappa shape index (κ2) is 6.39. The average molecular weight is 339 g/mol. The van der Waals surface area contributed by atoms with Gasteiger partial charge in [-0.15, -0.1) is 0 Å². The highest BCUT2D eigenvalue weighted by Crippen LogP contribution is 2.23. The van der Waals surface area contributed by atoms with E-state index >= 15 is 0 Å². The fraction of sp³-hybridized carbons (Fsp3) is 0.286. The van der Waals surface area contributed by atoms with Crippen molar-refractivity contribution >= 4 is 33.2 Å². The van der Waals surface area contributed by atoms with Crippen LogP contribution in [0.2, 0.25) is 0 Å². The lowest BCUT2D eigenvalue weighted by Crippen LogP contribution is -2.34. The molecule has 0 atom stereocenters. The van der Waals surface area contributed by atoms with Crippen molar-refractivity contribution in [1.29, 1.82) is 0 Å². The molecule has 1 aliphatic rings. The maximum atomic E-state index is 12.0. The van der Waals surface area contributed by atoms with Gasteiger partial charge in [0.25, 0.3) is 11.8 Å². The molecule has 1 heterocycles. The first-order chi connectivity index (χ1) is 10.7. The predicted molar refractivity (Wildman–Crippen MR) is 85.2 cm³/mol. The Bertz CT molecular complexity index is 786. The molecular formula is C14H17N3O5S. The number of aliphatic hydroxyl groups excluding tert-OH is 1. The number of aryl methyl sites for hydroxylation is 1. The summed E-state index contributed by atoms with van der Waals surface area (Å²) in [5.41, 5.74) is 1.62. The molecule has 8 nitrogen and oxygen atoms in total. The van der Waals surface area contributed by atoms with Gasteiger partial charge < -0.3 is 10.4 Å². The topological polar surface area (TPSA) is 116 Å². The molecule has 23 heavy (non-hydrogen) atoms. The van der Waals surface area contributed by atoms with Crippen LogP contribution in [0.15, 0.2) is 30.0 Å². The van der Waals surface area contributed by atoms with Crippen LogP contribution in [0.3, 0.4) is 0 Å². The van der Waals surface area contributed by atoms with Gasteiger partial charge in [0.05, 0.1) is 25.1 Å². The van der Waals surface area contributed by atoms with Crippen LogP contribution in [-0.4, -0.2) is 49.6 Å². The summed E-state index contributed by atoms with van der Waals surface area (Å²) < 4.78 is 25.1. The van der Waals surface area contributed by atoms with Crippen molar-refractivity contribution in [2.45, 2.75) is 6.92 Å². The number of aliphatic hydroxyl groups is 1. The minimum absolute atomic E-state index is 0.0672. The summed E-state index contributed by atoms with van der Waals surface area (Å²) in [4.78, 5) is 24.6. The average Bonchev–Trinajstić information content (AvgIpc) is 2.69. The van der Waals surface area contributed by atoms with Gasteiger partial charge in [-0.05, 0) is 24.6 Å². The highest BCUT2D eigenvalue weighted by molar-refractivity contribution is 7.92. The van der Waals surface area contributed by atoms with Crippen molar-refractivity contribution in [2.75, 3.05) is 29.4 Å². The summed E-state index contributed by atoms with van der Waals surface area (Å²) >= 11 is 0. The number of imide groups is 1. The van der Waals surface area contributed by atoms with Gasteiger partial charge in [-0.25, -0.2) is 8.42 Å². The first-order valence-corrected chi connectivity index (χ1v) is 8.64. The van der Waals surface area contributed by atoms with Crippen LogP contribution in [0.4, 0.5) is 11.4 Å². The van der Waals surface area contributed by atoms with Crippen molar-refractivity contribution in [3.63, 3.8) is 0 Å². The Hall–Kier alpha value is -2.39. The molecule has 0 unspecified atom stereocenters. The summed E-state index contributed by atoms with van der Waals surface area (Å²) in [6.07, 6.45) is 2.18. The number of hydrogen-bond donors (Lipinski definition) is 3. The van der Waals surface area contributed by atoms with Crippen LogP contribution >= 0.6 is 0 Å². The van der Waals surface area contributed by atoms with E-state index in [1.165, 1.54) is 6.07 Å². The minimum Gasteiger partial charge on any atom is -0.395 e. The Morgan fingerprint density at radius 1 is 1.26 bits per heavy atom. The Morgan fingerprint density at radius 3 is 2.57 bits per heavy atom. The quantitative estimate of drug-likeness (QED) is 0.630. The fourth-order valence-corrected chi connectivity index (χ4v) is 2.69. The number of β-amino-alcohol motifs (C(OH)–C–C–N with tert-alkyl or cyclic N) is 1. The van der Waals surface area contributed by atoms with E-state index in [0.717, 1.165) is 17.2 Å². The SMILES string of the molecule is Cc1ccc(NC2=CC(=O)N(CCO)C2=O)cc1NS(C)(=O)=O. The zero-order valence-corrected chi connectivity index (χ0v) is 13.5. The summed E-state index contributed by atoms with van der Waals surface area (Å²) in [7, 11) is -3.43. The van der Waals surface area contributed by atoms with E-state index in [4.69, 9.17) is 5.11 Å². The van der Waals surface area contributed by atoms with E-state index in [2.05, 4.69) is 10.0 Å². The maximum Gasteiger partial charge on any atom is 0.277 e. The lowest BCUT2D eigenvalue weighted by atomic mass is 10.2. The number of carbonyl (C=O) groups excluding carboxylic acids is 2. The molecule has 0 saturated carbocycles. The van der Waals surface area contributed by atoms with Gasteiger partial charge in [0.15, 0.2) is 0 Å². The lowest BCUT2D eigenvalue weighted by Gasteiger charge is -2.14. The second-order valence-electron chi connectivity index (χ2n) is 5.11. The van der Waals surface area contributed by atoms with E-state index in [1.54, 1.807) is 19.1 Å². The van der Waals surface area contributed by atoms with Crippen LogP contribution < -0.4 is 10.0 Å². The minimum atomic E-state index is -3.43. The molecule has 3 N–H and O–H groups in total. The summed E-state index contributed by atoms with van der Waals surface area (Å²) in [5.74, 6) is -1.05. The molecule has 124 valence electrons. The number of sulfonamides is 1. The third kappa shape index (κ3) is 4.08. The molecular weight excluding hydrogens is 322 g/mol. The zero-order chi connectivity index (χ0) is 17.2. The van der Waals surface area contributed by atoms with E-state index in [-0.39, 0.29) is 18.8 Å². The second-order valence-corrected chi connectivity index (χ2v) is 6.85. The van der Waals surface area contributed by atoms with Crippen LogP contribution in [0.1, 0.15) is 5.56 Å². The summed E-state index contributed by atoms with van der Waals surface area (Å²) in [6.45, 7) is 1.35. The van der Waals surface area contributed by atoms with Crippen molar-refractivity contribution in [3.8, 4) is 0 Å². The Balaban J connectivity index is 2.21. The molecule has 1 aromatic carbocycles. The molecule has 2 amide bonds. The number of carbonyl (C=O) groups is 2. The fourth-order valence-electron chi connectivity index (χ4n) is 2.07. The van der Waals surface area contributed by atoms with Crippen LogP contribution in [0.5, 0.6) is 0 Å². The maximum absolute atomic E-state index is 12.0. The number of rotatable bonds is 6.